The lowest BCUT2D eigenvalue weighted by atomic mass is 10.2. The zero-order valence-electron chi connectivity index (χ0n) is 7.68. The van der Waals surface area contributed by atoms with Gasteiger partial charge in [0.15, 0.2) is 0 Å². The fourth-order valence-electron chi connectivity index (χ4n) is 1.35. The summed E-state index contributed by atoms with van der Waals surface area (Å²) >= 11 is 0. The number of hydrogen-bond donors (Lipinski definition) is 1. The second-order valence-corrected chi connectivity index (χ2v) is 2.90. The zero-order valence-corrected chi connectivity index (χ0v) is 7.68. The van der Waals surface area contributed by atoms with Crippen LogP contribution in [0, 0.1) is 0 Å². The van der Waals surface area contributed by atoms with Crippen LogP contribution in [0.1, 0.15) is 0 Å². The number of aliphatic hydroxyl groups is 1. The van der Waals surface area contributed by atoms with Crippen molar-refractivity contribution in [2.45, 2.75) is 0 Å². The molecule has 14 heavy (non-hydrogen) atoms. The van der Waals surface area contributed by atoms with E-state index in [0.29, 0.717) is 6.61 Å². The van der Waals surface area contributed by atoms with E-state index >= 15 is 0 Å². The molecule has 0 atom stereocenters. The topological polar surface area (TPSA) is 42.4 Å². The van der Waals surface area contributed by atoms with Crippen molar-refractivity contribution in [1.29, 1.82) is 0 Å². The fourth-order valence-corrected chi connectivity index (χ4v) is 1.35. The molecule has 1 N–H and O–H groups in total. The van der Waals surface area contributed by atoms with Gasteiger partial charge in [-0.2, -0.15) is 0 Å². The molecule has 0 fully saturated rings. The minimum atomic E-state index is 0.0245. The number of aromatic nitrogens is 1. The third kappa shape index (κ3) is 1.67. The first-order valence-electron chi connectivity index (χ1n) is 4.49. The summed E-state index contributed by atoms with van der Waals surface area (Å²) in [5.41, 5.74) is 0.905. The zero-order chi connectivity index (χ0) is 9.80. The molecule has 2 rings (SSSR count). The van der Waals surface area contributed by atoms with Gasteiger partial charge in [-0.1, -0.05) is 12.1 Å². The number of para-hydroxylation sites is 1. The lowest BCUT2D eigenvalue weighted by Gasteiger charge is -2.06. The van der Waals surface area contributed by atoms with Gasteiger partial charge in [0.1, 0.15) is 12.4 Å². The summed E-state index contributed by atoms with van der Waals surface area (Å²) in [5, 5.41) is 9.63. The molecule has 0 spiro atoms. The quantitative estimate of drug-likeness (QED) is 0.797. The van der Waals surface area contributed by atoms with E-state index in [1.54, 1.807) is 12.3 Å². The summed E-state index contributed by atoms with van der Waals surface area (Å²) in [5.74, 6) is 0.768. The Morgan fingerprint density at radius 1 is 1.21 bits per heavy atom. The molecule has 0 saturated carbocycles. The summed E-state index contributed by atoms with van der Waals surface area (Å²) in [6, 6.07) is 9.56. The first-order chi connectivity index (χ1) is 6.92. The Balaban J connectivity index is 2.43. The van der Waals surface area contributed by atoms with Crippen LogP contribution >= 0.6 is 0 Å². The number of hydrogen-bond acceptors (Lipinski definition) is 3. The van der Waals surface area contributed by atoms with E-state index in [9.17, 15) is 0 Å². The van der Waals surface area contributed by atoms with Crippen LogP contribution in [0.2, 0.25) is 0 Å². The van der Waals surface area contributed by atoms with Gasteiger partial charge in [0.05, 0.1) is 12.1 Å². The molecular weight excluding hydrogens is 178 g/mol. The molecule has 1 aromatic heterocycles. The van der Waals surface area contributed by atoms with Crippen LogP contribution < -0.4 is 4.74 Å². The highest BCUT2D eigenvalue weighted by atomic mass is 16.5. The number of ether oxygens (including phenoxy) is 1. The Morgan fingerprint density at radius 3 is 2.93 bits per heavy atom. The lowest BCUT2D eigenvalue weighted by Crippen LogP contribution is -2.02. The second kappa shape index (κ2) is 4.07. The highest BCUT2D eigenvalue weighted by Crippen LogP contribution is 2.22. The van der Waals surface area contributed by atoms with E-state index in [1.807, 2.05) is 24.3 Å². The summed E-state index contributed by atoms with van der Waals surface area (Å²) in [6.07, 6.45) is 1.70. The molecule has 0 unspecified atom stereocenters. The molecule has 3 heteroatoms. The largest absolute Gasteiger partial charge is 0.490 e. The minimum absolute atomic E-state index is 0.0245. The standard InChI is InChI=1S/C11H11NO2/c13-7-8-14-11-5-6-12-10-4-2-1-3-9(10)11/h1-6,13H,7-8H2. The lowest BCUT2D eigenvalue weighted by molar-refractivity contribution is 0.203. The van der Waals surface area contributed by atoms with E-state index < -0.39 is 0 Å². The van der Waals surface area contributed by atoms with Crippen LogP contribution in [-0.4, -0.2) is 23.3 Å². The normalized spacial score (nSPS) is 10.4. The maximum atomic E-state index is 8.66. The first kappa shape index (κ1) is 8.97. The molecule has 72 valence electrons. The molecule has 2 aromatic rings. The summed E-state index contributed by atoms with van der Waals surface area (Å²) < 4.78 is 5.38. The van der Waals surface area contributed by atoms with Gasteiger partial charge >= 0.3 is 0 Å². The molecule has 1 heterocycles. The van der Waals surface area contributed by atoms with Crippen molar-refractivity contribution in [3.8, 4) is 5.75 Å². The van der Waals surface area contributed by atoms with E-state index in [-0.39, 0.29) is 6.61 Å². The predicted molar refractivity (Wildman–Crippen MR) is 54.3 cm³/mol. The Hall–Kier alpha value is -1.61. The van der Waals surface area contributed by atoms with Gasteiger partial charge in [-0.25, -0.2) is 0 Å². The van der Waals surface area contributed by atoms with Gasteiger partial charge in [0.2, 0.25) is 0 Å². The van der Waals surface area contributed by atoms with E-state index in [0.717, 1.165) is 16.7 Å². The minimum Gasteiger partial charge on any atom is -0.490 e. The Kier molecular flexibility index (Phi) is 2.60. The monoisotopic (exact) mass is 189 g/mol. The molecule has 0 amide bonds. The van der Waals surface area contributed by atoms with Gasteiger partial charge in [-0.15, -0.1) is 0 Å². The summed E-state index contributed by atoms with van der Waals surface area (Å²) in [6.45, 7) is 0.338. The van der Waals surface area contributed by atoms with Gasteiger partial charge in [0.25, 0.3) is 0 Å². The Bertz CT molecular complexity index is 423. The SMILES string of the molecule is OCCOc1ccnc2ccccc12. The Morgan fingerprint density at radius 2 is 2.07 bits per heavy atom. The summed E-state index contributed by atoms with van der Waals surface area (Å²) in [7, 11) is 0. The van der Waals surface area contributed by atoms with Gasteiger partial charge in [0, 0.05) is 11.6 Å². The number of pyridine rings is 1. The number of nitrogens with zero attached hydrogens (tertiary/aromatic N) is 1. The van der Waals surface area contributed by atoms with E-state index in [1.165, 1.54) is 0 Å². The molecule has 1 aromatic carbocycles. The van der Waals surface area contributed by atoms with Crippen LogP contribution in [0.5, 0.6) is 5.75 Å². The van der Waals surface area contributed by atoms with Gasteiger partial charge in [-0.3, -0.25) is 4.98 Å². The van der Waals surface area contributed by atoms with Crippen LogP contribution in [0.15, 0.2) is 36.5 Å². The van der Waals surface area contributed by atoms with Crippen LogP contribution in [0.25, 0.3) is 10.9 Å². The predicted octanol–water partition coefficient (Wildman–Crippen LogP) is 1.61. The molecule has 0 aliphatic heterocycles. The smallest absolute Gasteiger partial charge is 0.130 e. The van der Waals surface area contributed by atoms with Crippen molar-refractivity contribution in [1.82, 2.24) is 4.98 Å². The second-order valence-electron chi connectivity index (χ2n) is 2.90. The third-order valence-electron chi connectivity index (χ3n) is 1.96. The molecule has 0 aliphatic rings. The highest BCUT2D eigenvalue weighted by Gasteiger charge is 2.00. The van der Waals surface area contributed by atoms with E-state index in [2.05, 4.69) is 4.98 Å². The number of benzene rings is 1. The summed E-state index contributed by atoms with van der Waals surface area (Å²) in [4.78, 5) is 4.21. The fraction of sp³-hybridized carbons (Fsp3) is 0.182. The molecule has 0 saturated heterocycles. The molecule has 0 aliphatic carbocycles. The third-order valence-corrected chi connectivity index (χ3v) is 1.96. The number of aliphatic hydroxyl groups excluding tert-OH is 1. The van der Waals surface area contributed by atoms with Crippen LogP contribution in [-0.2, 0) is 0 Å². The first-order valence-corrected chi connectivity index (χ1v) is 4.49. The average Bonchev–Trinajstić information content (AvgIpc) is 2.26. The van der Waals surface area contributed by atoms with Crippen molar-refractivity contribution in [2.24, 2.45) is 0 Å². The van der Waals surface area contributed by atoms with Gasteiger partial charge < -0.3 is 9.84 Å². The van der Waals surface area contributed by atoms with Crippen molar-refractivity contribution in [3.63, 3.8) is 0 Å². The Labute approximate surface area is 82.0 Å². The van der Waals surface area contributed by atoms with Crippen LogP contribution in [0.4, 0.5) is 0 Å². The number of fused-ring (bicyclic) bond motifs is 1. The molecular formula is C11H11NO2. The molecule has 0 bridgehead atoms. The maximum absolute atomic E-state index is 8.66. The average molecular weight is 189 g/mol. The maximum Gasteiger partial charge on any atom is 0.130 e. The van der Waals surface area contributed by atoms with Crippen molar-refractivity contribution < 1.29 is 9.84 Å². The molecule has 0 radical (unpaired) electrons. The highest BCUT2D eigenvalue weighted by molar-refractivity contribution is 5.84. The van der Waals surface area contributed by atoms with Crippen molar-refractivity contribution in [2.75, 3.05) is 13.2 Å². The van der Waals surface area contributed by atoms with Gasteiger partial charge in [-0.05, 0) is 18.2 Å². The van der Waals surface area contributed by atoms with Crippen molar-refractivity contribution >= 4 is 10.9 Å². The number of rotatable bonds is 3. The van der Waals surface area contributed by atoms with Crippen LogP contribution in [0.3, 0.4) is 0 Å². The van der Waals surface area contributed by atoms with E-state index in [4.69, 9.17) is 9.84 Å². The van der Waals surface area contributed by atoms with Crippen molar-refractivity contribution in [3.05, 3.63) is 36.5 Å². The molecule has 3 nitrogen and oxygen atoms in total.